The van der Waals surface area contributed by atoms with Crippen LogP contribution in [0.15, 0.2) is 36.9 Å². The van der Waals surface area contributed by atoms with E-state index in [9.17, 15) is 14.4 Å². The van der Waals surface area contributed by atoms with E-state index in [4.69, 9.17) is 4.74 Å². The summed E-state index contributed by atoms with van der Waals surface area (Å²) in [5.41, 5.74) is -0.204. The monoisotopic (exact) mass is 384 g/mol. The van der Waals surface area contributed by atoms with Crippen LogP contribution in [0.1, 0.15) is 46.6 Å². The van der Waals surface area contributed by atoms with Gasteiger partial charge < -0.3 is 9.53 Å². The molecule has 2 aliphatic rings. The molecule has 3 atom stereocenters. The van der Waals surface area contributed by atoms with Gasteiger partial charge in [-0.25, -0.2) is 4.79 Å². The smallest absolute Gasteiger partial charge is 0.412 e. The van der Waals surface area contributed by atoms with Crippen LogP contribution in [-0.4, -0.2) is 41.5 Å². The number of likely N-dealkylation sites (tertiary alicyclic amines) is 1. The van der Waals surface area contributed by atoms with Crippen molar-refractivity contribution in [1.82, 2.24) is 4.90 Å². The van der Waals surface area contributed by atoms with Gasteiger partial charge in [0.15, 0.2) is 0 Å². The highest BCUT2D eigenvalue weighted by molar-refractivity contribution is 5.88. The van der Waals surface area contributed by atoms with Crippen LogP contribution < -0.4 is 4.90 Å². The minimum absolute atomic E-state index is 0.390. The lowest BCUT2D eigenvalue weighted by Crippen LogP contribution is -2.57. The molecule has 0 aliphatic carbocycles. The SMILES string of the molecule is C=CC(C)(C)[C@@]12C[C@@H](C=O)N(C(=O)OC(C)(C)C)[C@@H]1N(C=O)c1ccccc12. The fourth-order valence-corrected chi connectivity index (χ4v) is 4.68. The third-order valence-corrected chi connectivity index (χ3v) is 6.05. The van der Waals surface area contributed by atoms with Gasteiger partial charge in [0.1, 0.15) is 18.1 Å². The third kappa shape index (κ3) is 2.65. The van der Waals surface area contributed by atoms with E-state index in [1.807, 2.05) is 44.2 Å². The number of carbonyl (C=O) groups excluding carboxylic acids is 3. The second kappa shape index (κ2) is 6.47. The van der Waals surface area contributed by atoms with Gasteiger partial charge in [-0.3, -0.25) is 14.6 Å². The molecule has 0 radical (unpaired) electrons. The molecule has 0 bridgehead atoms. The number of rotatable bonds is 4. The van der Waals surface area contributed by atoms with Gasteiger partial charge in [-0.2, -0.15) is 0 Å². The van der Waals surface area contributed by atoms with Gasteiger partial charge >= 0.3 is 6.09 Å². The Bertz CT molecular complexity index is 826. The first-order valence-electron chi connectivity index (χ1n) is 9.47. The van der Waals surface area contributed by atoms with Crippen molar-refractivity contribution in [3.63, 3.8) is 0 Å². The minimum atomic E-state index is -0.721. The second-order valence-electron chi connectivity index (χ2n) is 9.10. The number of benzene rings is 1. The Kier molecular flexibility index (Phi) is 4.64. The highest BCUT2D eigenvalue weighted by atomic mass is 16.6. The molecule has 6 nitrogen and oxygen atoms in total. The molecule has 2 aliphatic heterocycles. The maximum atomic E-state index is 13.1. The van der Waals surface area contributed by atoms with Crippen LogP contribution in [0.2, 0.25) is 0 Å². The molecule has 0 unspecified atom stereocenters. The molecule has 0 spiro atoms. The maximum Gasteiger partial charge on any atom is 0.412 e. The Morgan fingerprint density at radius 3 is 2.39 bits per heavy atom. The number of amides is 2. The summed E-state index contributed by atoms with van der Waals surface area (Å²) in [6.07, 6.45) is 2.47. The number of para-hydroxylation sites is 1. The number of aldehydes is 1. The number of allylic oxidation sites excluding steroid dienone is 1. The van der Waals surface area contributed by atoms with Crippen LogP contribution in [0.5, 0.6) is 0 Å². The molecule has 0 aromatic heterocycles. The van der Waals surface area contributed by atoms with Gasteiger partial charge in [0.05, 0.1) is 6.04 Å². The molecule has 6 heteroatoms. The minimum Gasteiger partial charge on any atom is -0.444 e. The van der Waals surface area contributed by atoms with Crippen molar-refractivity contribution in [3.05, 3.63) is 42.5 Å². The second-order valence-corrected chi connectivity index (χ2v) is 9.10. The van der Waals surface area contributed by atoms with Crippen LogP contribution in [0, 0.1) is 5.41 Å². The van der Waals surface area contributed by atoms with Gasteiger partial charge in [0, 0.05) is 11.1 Å². The normalized spacial score (nSPS) is 26.5. The fraction of sp³-hybridized carbons (Fsp3) is 0.500. The highest BCUT2D eigenvalue weighted by Crippen LogP contribution is 2.61. The Morgan fingerprint density at radius 1 is 1.21 bits per heavy atom. The summed E-state index contributed by atoms with van der Waals surface area (Å²) < 4.78 is 5.60. The van der Waals surface area contributed by atoms with E-state index in [0.29, 0.717) is 6.42 Å². The lowest BCUT2D eigenvalue weighted by molar-refractivity contribution is -0.113. The molecule has 3 rings (SSSR count). The lowest BCUT2D eigenvalue weighted by Gasteiger charge is -2.44. The Morgan fingerprint density at radius 2 is 1.86 bits per heavy atom. The van der Waals surface area contributed by atoms with Crippen LogP contribution in [-0.2, 0) is 19.7 Å². The molecule has 1 aromatic rings. The van der Waals surface area contributed by atoms with Crippen LogP contribution in [0.25, 0.3) is 0 Å². The van der Waals surface area contributed by atoms with Crippen molar-refractivity contribution in [1.29, 1.82) is 0 Å². The predicted octanol–water partition coefficient (Wildman–Crippen LogP) is 3.65. The molecule has 2 amide bonds. The molecule has 2 heterocycles. The quantitative estimate of drug-likeness (QED) is 0.587. The van der Waals surface area contributed by atoms with E-state index < -0.39 is 34.7 Å². The average Bonchev–Trinajstić information content (AvgIpc) is 3.11. The third-order valence-electron chi connectivity index (χ3n) is 6.05. The van der Waals surface area contributed by atoms with E-state index in [1.54, 1.807) is 25.7 Å². The van der Waals surface area contributed by atoms with Crippen LogP contribution in [0.3, 0.4) is 0 Å². The molecule has 1 saturated heterocycles. The van der Waals surface area contributed by atoms with Crippen molar-refractivity contribution >= 4 is 24.5 Å². The van der Waals surface area contributed by atoms with Crippen molar-refractivity contribution in [2.75, 3.05) is 4.90 Å². The number of nitrogens with zero attached hydrogens (tertiary/aromatic N) is 2. The van der Waals surface area contributed by atoms with Crippen LogP contribution >= 0.6 is 0 Å². The first-order chi connectivity index (χ1) is 13.0. The van der Waals surface area contributed by atoms with E-state index in [0.717, 1.165) is 23.9 Å². The van der Waals surface area contributed by atoms with Crippen LogP contribution in [0.4, 0.5) is 10.5 Å². The zero-order valence-corrected chi connectivity index (χ0v) is 17.1. The summed E-state index contributed by atoms with van der Waals surface area (Å²) in [5, 5.41) is 0. The zero-order valence-electron chi connectivity index (χ0n) is 17.1. The number of anilines is 1. The summed E-state index contributed by atoms with van der Waals surface area (Å²) in [7, 11) is 0. The summed E-state index contributed by atoms with van der Waals surface area (Å²) in [4.78, 5) is 40.2. The summed E-state index contributed by atoms with van der Waals surface area (Å²) in [6.45, 7) is 13.4. The maximum absolute atomic E-state index is 13.1. The van der Waals surface area contributed by atoms with Crippen molar-refractivity contribution in [2.24, 2.45) is 5.41 Å². The van der Waals surface area contributed by atoms with E-state index in [-0.39, 0.29) is 0 Å². The molecule has 28 heavy (non-hydrogen) atoms. The van der Waals surface area contributed by atoms with Crippen molar-refractivity contribution in [2.45, 2.75) is 64.3 Å². The number of carbonyl (C=O) groups is 3. The summed E-state index contributed by atoms with van der Waals surface area (Å²) >= 11 is 0. The van der Waals surface area contributed by atoms with Gasteiger partial charge in [-0.05, 0) is 44.2 Å². The number of hydrogen-bond acceptors (Lipinski definition) is 4. The van der Waals surface area contributed by atoms with Gasteiger partial charge in [0.25, 0.3) is 0 Å². The van der Waals surface area contributed by atoms with Gasteiger partial charge in [0.2, 0.25) is 6.41 Å². The molecule has 0 saturated carbocycles. The lowest BCUT2D eigenvalue weighted by atomic mass is 9.60. The van der Waals surface area contributed by atoms with Crippen molar-refractivity contribution in [3.8, 4) is 0 Å². The number of hydrogen-bond donors (Lipinski definition) is 0. The first kappa shape index (κ1) is 20.1. The first-order valence-corrected chi connectivity index (χ1v) is 9.47. The average molecular weight is 384 g/mol. The summed E-state index contributed by atoms with van der Waals surface area (Å²) in [5.74, 6) is 0. The Hall–Kier alpha value is -2.63. The van der Waals surface area contributed by atoms with Gasteiger partial charge in [-0.1, -0.05) is 38.1 Å². The fourth-order valence-electron chi connectivity index (χ4n) is 4.68. The number of ether oxygens (including phenoxy) is 1. The van der Waals surface area contributed by atoms with E-state index in [1.165, 1.54) is 4.90 Å². The van der Waals surface area contributed by atoms with Crippen molar-refractivity contribution < 1.29 is 19.1 Å². The Labute approximate surface area is 166 Å². The Balaban J connectivity index is 2.25. The van der Waals surface area contributed by atoms with E-state index in [2.05, 4.69) is 6.58 Å². The zero-order chi connectivity index (χ0) is 20.9. The molecular formula is C22H28N2O4. The standard InChI is InChI=1S/C22H28N2O4/c1-7-21(5,6)22-12-15(13-25)24(19(27)28-20(2,3)4)18(22)23(14-26)17-11-9-8-10-16(17)22/h7-11,13-15,18H,1,12H2,2-6H3/t15-,18-,22+/m0/s1. The van der Waals surface area contributed by atoms with E-state index >= 15 is 0 Å². The molecule has 1 fully saturated rings. The molecule has 0 N–H and O–H groups in total. The molecule has 1 aromatic carbocycles. The molecular weight excluding hydrogens is 356 g/mol. The molecule has 150 valence electrons. The number of fused-ring (bicyclic) bond motifs is 3. The summed E-state index contributed by atoms with van der Waals surface area (Å²) in [6, 6.07) is 6.91. The van der Waals surface area contributed by atoms with Gasteiger partial charge in [-0.15, -0.1) is 6.58 Å². The topological polar surface area (TPSA) is 66.9 Å². The highest BCUT2D eigenvalue weighted by Gasteiger charge is 2.67. The largest absolute Gasteiger partial charge is 0.444 e. The predicted molar refractivity (Wildman–Crippen MR) is 107 cm³/mol.